The first-order valence-electron chi connectivity index (χ1n) is 22.7. The van der Waals surface area contributed by atoms with Gasteiger partial charge in [0.05, 0.1) is 12.2 Å². The highest BCUT2D eigenvalue weighted by atomic mass is 35.5. The predicted molar refractivity (Wildman–Crippen MR) is 248 cm³/mol. The standard InChI is InChI=1S/C11H15ClO5.C11H15ClO4.2C11H18O5.4CH4/c1-9(2)15-6-7(16-9)10(17-8(6)13-3)4-5-11(10,12)14-5;3*1-10(2)14-7-8(15-10)11(5-4-6(11)12)16-9(7)13-3;;;;/h5-8H,4H2,1-3H3;4,7-9H,5H2,1-3H3;2*6-9,12H,4-5H2,1-3H3;4*1H4/t5?,6?,7-,8-,10+,11?;7?,8-,9-,11-;2*6-,7?,8-,9-,11-;;;;/m1111..../s1. The van der Waals surface area contributed by atoms with Crippen molar-refractivity contribution in [3.05, 3.63) is 11.1 Å². The lowest BCUT2D eigenvalue weighted by molar-refractivity contribution is -0.289. The predicted octanol–water partition coefficient (Wildman–Crippen LogP) is 6.11. The number of hydrogen-bond acceptors (Lipinski definition) is 19. The summed E-state index contributed by atoms with van der Waals surface area (Å²) in [6.45, 7) is 15.0. The van der Waals surface area contributed by atoms with E-state index in [2.05, 4.69) is 0 Å². The van der Waals surface area contributed by atoms with Crippen LogP contribution in [0.15, 0.2) is 11.1 Å². The highest BCUT2D eigenvalue weighted by molar-refractivity contribution is 6.31. The van der Waals surface area contributed by atoms with Gasteiger partial charge in [0, 0.05) is 46.3 Å². The summed E-state index contributed by atoms with van der Waals surface area (Å²) < 4.78 is 96.6. The molecule has 20 atom stereocenters. The van der Waals surface area contributed by atoms with E-state index in [9.17, 15) is 10.2 Å². The number of alkyl halides is 1. The Kier molecular flexibility index (Phi) is 15.9. The van der Waals surface area contributed by atoms with Gasteiger partial charge in [0.2, 0.25) is 0 Å². The lowest BCUT2D eigenvalue weighted by atomic mass is 9.73. The van der Waals surface area contributed by atoms with E-state index < -0.39 is 88.0 Å². The Morgan fingerprint density at radius 3 is 1.16 bits per heavy atom. The number of aliphatic hydroxyl groups excluding tert-OH is 2. The van der Waals surface area contributed by atoms with Crippen LogP contribution in [0.1, 0.15) is 124 Å². The van der Waals surface area contributed by atoms with Gasteiger partial charge in [-0.05, 0) is 81.1 Å². The summed E-state index contributed by atoms with van der Waals surface area (Å²) in [6, 6.07) is 0. The Balaban J connectivity index is 0.000000148. The highest BCUT2D eigenvalue weighted by Gasteiger charge is 2.87. The molecule has 9 heterocycles. The molecular weight excluding hydrogens is 951 g/mol. The number of aliphatic hydroxyl groups is 2. The summed E-state index contributed by atoms with van der Waals surface area (Å²) in [4.78, 5) is 0. The maximum Gasteiger partial charge on any atom is 0.199 e. The van der Waals surface area contributed by atoms with Crippen LogP contribution in [0.2, 0.25) is 0 Å². The van der Waals surface area contributed by atoms with Crippen LogP contribution in [0, 0.1) is 0 Å². The third kappa shape index (κ3) is 8.71. The molecule has 12 fully saturated rings. The Bertz CT molecular complexity index is 1810. The van der Waals surface area contributed by atoms with E-state index in [1.165, 1.54) is 0 Å². The second-order valence-electron chi connectivity index (χ2n) is 21.0. The molecule has 13 rings (SSSR count). The average molecular weight is 1030 g/mol. The van der Waals surface area contributed by atoms with E-state index in [0.717, 1.165) is 38.5 Å². The van der Waals surface area contributed by atoms with E-state index in [4.69, 9.17) is 104 Å². The minimum atomic E-state index is -0.729. The van der Waals surface area contributed by atoms with Gasteiger partial charge in [-0.2, -0.15) is 0 Å². The summed E-state index contributed by atoms with van der Waals surface area (Å²) in [5, 5.41) is 19.8. The minimum Gasteiger partial charge on any atom is -0.390 e. The molecule has 9 aliphatic heterocycles. The molecule has 0 bridgehead atoms. The van der Waals surface area contributed by atoms with Crippen molar-refractivity contribution in [1.29, 1.82) is 0 Å². The molecule has 0 radical (unpaired) electrons. The van der Waals surface area contributed by atoms with E-state index in [1.54, 1.807) is 28.4 Å². The van der Waals surface area contributed by atoms with Gasteiger partial charge in [-0.15, -0.1) is 0 Å². The molecule has 69 heavy (non-hydrogen) atoms. The first-order valence-corrected chi connectivity index (χ1v) is 23.5. The van der Waals surface area contributed by atoms with E-state index >= 15 is 0 Å². The fourth-order valence-corrected chi connectivity index (χ4v) is 12.5. The Labute approximate surface area is 418 Å². The van der Waals surface area contributed by atoms with Crippen LogP contribution in [0.5, 0.6) is 0 Å². The highest BCUT2D eigenvalue weighted by Crippen LogP contribution is 2.70. The third-order valence-electron chi connectivity index (χ3n) is 15.2. The average Bonchev–Trinajstić information content (AvgIpc) is 4.00. The molecule has 0 aromatic heterocycles. The molecule has 402 valence electrons. The molecule has 0 amide bonds. The summed E-state index contributed by atoms with van der Waals surface area (Å²) >= 11 is 12.5. The quantitative estimate of drug-likeness (QED) is 0.241. The molecule has 3 saturated carbocycles. The van der Waals surface area contributed by atoms with Crippen LogP contribution in [-0.2, 0) is 80.5 Å². The summed E-state index contributed by atoms with van der Waals surface area (Å²) in [5.41, 5.74) is -2.38. The summed E-state index contributed by atoms with van der Waals surface area (Å²) in [5.74, 6) is -2.48. The summed E-state index contributed by atoms with van der Waals surface area (Å²) in [7, 11) is 6.37. The molecule has 4 spiro atoms. The normalized spacial score (nSPS) is 51.7. The van der Waals surface area contributed by atoms with Gasteiger partial charge in [-0.1, -0.05) is 59.0 Å². The second-order valence-corrected chi connectivity index (χ2v) is 21.9. The monoisotopic (exact) mass is 1030 g/mol. The zero-order chi connectivity index (χ0) is 46.7. The van der Waals surface area contributed by atoms with Crippen LogP contribution in [0.25, 0.3) is 0 Å². The fraction of sp³-hybridized carbons (Fsp3) is 0.958. The molecule has 19 nitrogen and oxygen atoms in total. The number of hydrogen-bond donors (Lipinski definition) is 2. The lowest BCUT2D eigenvalue weighted by Gasteiger charge is -2.45. The number of halogens is 2. The van der Waals surface area contributed by atoms with Crippen molar-refractivity contribution in [2.24, 2.45) is 0 Å². The van der Waals surface area contributed by atoms with Crippen molar-refractivity contribution in [3.8, 4) is 0 Å². The number of epoxide rings is 1. The molecule has 9 saturated heterocycles. The number of methoxy groups -OCH3 is 4. The van der Waals surface area contributed by atoms with Crippen LogP contribution in [-0.4, -0.2) is 182 Å². The van der Waals surface area contributed by atoms with Gasteiger partial charge < -0.3 is 90.7 Å². The molecule has 13 aliphatic rings. The van der Waals surface area contributed by atoms with Gasteiger partial charge in [-0.3, -0.25) is 0 Å². The van der Waals surface area contributed by atoms with E-state index in [1.807, 2.05) is 61.5 Å². The first-order chi connectivity index (χ1) is 30.4. The maximum absolute atomic E-state index is 9.91. The largest absolute Gasteiger partial charge is 0.390 e. The van der Waals surface area contributed by atoms with Crippen molar-refractivity contribution >= 4 is 23.2 Å². The Hall–Kier alpha value is -0.440. The zero-order valence-electron chi connectivity index (χ0n) is 39.1. The summed E-state index contributed by atoms with van der Waals surface area (Å²) in [6.07, 6.45) is 2.17. The van der Waals surface area contributed by atoms with Crippen molar-refractivity contribution in [2.45, 2.75) is 267 Å². The van der Waals surface area contributed by atoms with Gasteiger partial charge >= 0.3 is 0 Å². The minimum absolute atomic E-state index is 0. The molecule has 0 aromatic carbocycles. The van der Waals surface area contributed by atoms with Crippen LogP contribution in [0.3, 0.4) is 0 Å². The van der Waals surface area contributed by atoms with Crippen molar-refractivity contribution in [1.82, 2.24) is 0 Å². The topological polar surface area (TPSA) is 201 Å². The molecular formula is C48H82Cl2O19. The fourth-order valence-electron chi connectivity index (χ4n) is 11.8. The maximum atomic E-state index is 9.91. The second kappa shape index (κ2) is 19.0. The third-order valence-corrected chi connectivity index (χ3v) is 16.3. The van der Waals surface area contributed by atoms with Crippen molar-refractivity contribution < 1.29 is 90.7 Å². The van der Waals surface area contributed by atoms with E-state index in [-0.39, 0.29) is 84.6 Å². The zero-order valence-corrected chi connectivity index (χ0v) is 40.6. The van der Waals surface area contributed by atoms with Crippen LogP contribution in [0.4, 0.5) is 0 Å². The SMILES string of the molecule is C.C.C.C.CO[C@@H]1O[C@@]2(CC3OC32Cl)[C@@H]2OC(C)(C)OC12.CO[C@@H]1O[C@@]2(CC=C2Cl)[C@@H]2OC(C)(C)OC12.CO[C@@H]1O[C@@]2(CC[C@H]2O)[C@@H]2OC(C)(C)OC12.CO[C@@H]1O[C@@]2(CC[C@H]2O)[C@@H]2OC(C)(C)OC12. The van der Waals surface area contributed by atoms with Crippen LogP contribution < -0.4 is 0 Å². The van der Waals surface area contributed by atoms with Gasteiger partial charge in [0.15, 0.2) is 53.4 Å². The number of fused-ring (bicyclic) bond motifs is 10. The Morgan fingerprint density at radius 1 is 0.493 bits per heavy atom. The van der Waals surface area contributed by atoms with Crippen molar-refractivity contribution in [3.63, 3.8) is 0 Å². The lowest BCUT2D eigenvalue weighted by Crippen LogP contribution is -2.60. The number of rotatable bonds is 4. The van der Waals surface area contributed by atoms with Gasteiger partial charge in [-0.25, -0.2) is 0 Å². The molecule has 2 N–H and O–H groups in total. The van der Waals surface area contributed by atoms with Gasteiger partial charge in [0.1, 0.15) is 77.3 Å². The number of ether oxygens (including phenoxy) is 17. The van der Waals surface area contributed by atoms with E-state index in [0.29, 0.717) is 5.03 Å². The molecule has 21 heteroatoms. The first kappa shape index (κ1) is 57.8. The smallest absolute Gasteiger partial charge is 0.199 e. The Morgan fingerprint density at radius 2 is 0.855 bits per heavy atom. The molecule has 0 aromatic rings. The molecule has 6 unspecified atom stereocenters. The van der Waals surface area contributed by atoms with Gasteiger partial charge in [0.25, 0.3) is 0 Å². The molecule has 4 aliphatic carbocycles. The van der Waals surface area contributed by atoms with Crippen LogP contribution >= 0.6 is 23.2 Å². The van der Waals surface area contributed by atoms with Crippen molar-refractivity contribution in [2.75, 3.05) is 28.4 Å².